The fraction of sp³-hybridized carbons (Fsp3) is 0.200. The summed E-state index contributed by atoms with van der Waals surface area (Å²) in [7, 11) is 0. The van der Waals surface area contributed by atoms with Crippen LogP contribution in [0, 0.1) is 0 Å². The average molecular weight is 633 g/mol. The van der Waals surface area contributed by atoms with E-state index in [1.165, 1.54) is 0 Å². The SMILES string of the molecule is O=C(c1ccccc1)N1CCCC1c1ncc(-c2ccc(-c3ccc(-c4cnc(C5CCCN5C(=O)c5ccccc5)[nH]4)cc3)cc2)[nH]1. The molecule has 8 nitrogen and oxygen atoms in total. The van der Waals surface area contributed by atoms with Crippen LogP contribution < -0.4 is 0 Å². The van der Waals surface area contributed by atoms with Gasteiger partial charge in [-0.2, -0.15) is 0 Å². The number of nitrogens with zero attached hydrogens (tertiary/aromatic N) is 4. The summed E-state index contributed by atoms with van der Waals surface area (Å²) in [5.41, 5.74) is 7.62. The van der Waals surface area contributed by atoms with Crippen LogP contribution in [0.5, 0.6) is 0 Å². The van der Waals surface area contributed by atoms with Crippen molar-refractivity contribution < 1.29 is 9.59 Å². The highest BCUT2D eigenvalue weighted by molar-refractivity contribution is 5.95. The highest BCUT2D eigenvalue weighted by atomic mass is 16.2. The molecule has 8 heteroatoms. The number of hydrogen-bond donors (Lipinski definition) is 2. The van der Waals surface area contributed by atoms with Crippen LogP contribution in [-0.2, 0) is 0 Å². The highest BCUT2D eigenvalue weighted by Gasteiger charge is 2.33. The van der Waals surface area contributed by atoms with E-state index >= 15 is 0 Å². The first kappa shape index (κ1) is 29.6. The molecule has 4 aromatic carbocycles. The van der Waals surface area contributed by atoms with Crippen LogP contribution in [0.2, 0.25) is 0 Å². The van der Waals surface area contributed by atoms with Crippen LogP contribution in [0.1, 0.15) is 70.1 Å². The Morgan fingerprint density at radius 3 is 1.29 bits per heavy atom. The first-order valence-corrected chi connectivity index (χ1v) is 16.7. The minimum absolute atomic E-state index is 0.0511. The fourth-order valence-electron chi connectivity index (χ4n) is 7.07. The average Bonchev–Trinajstić information content (AvgIpc) is 3.99. The van der Waals surface area contributed by atoms with E-state index in [1.54, 1.807) is 0 Å². The molecule has 8 rings (SSSR count). The quantitative estimate of drug-likeness (QED) is 0.186. The molecule has 238 valence electrons. The van der Waals surface area contributed by atoms with Gasteiger partial charge in [0.05, 0.1) is 35.9 Å². The van der Waals surface area contributed by atoms with Crippen LogP contribution >= 0.6 is 0 Å². The third-order valence-corrected chi connectivity index (χ3v) is 9.62. The summed E-state index contributed by atoms with van der Waals surface area (Å²) in [5, 5.41) is 0. The number of likely N-dealkylation sites (tertiary alicyclic amines) is 2. The molecule has 0 saturated carbocycles. The van der Waals surface area contributed by atoms with Gasteiger partial charge in [0, 0.05) is 24.2 Å². The second-order valence-electron chi connectivity index (χ2n) is 12.6. The third-order valence-electron chi connectivity index (χ3n) is 9.62. The lowest BCUT2D eigenvalue weighted by Gasteiger charge is -2.23. The number of rotatable bonds is 7. The Morgan fingerprint density at radius 1 is 0.521 bits per heavy atom. The van der Waals surface area contributed by atoms with Crippen molar-refractivity contribution in [2.24, 2.45) is 0 Å². The Hall–Kier alpha value is -5.76. The Labute approximate surface area is 279 Å². The Morgan fingerprint density at radius 2 is 0.896 bits per heavy atom. The van der Waals surface area contributed by atoms with Crippen LogP contribution in [0.15, 0.2) is 122 Å². The number of H-pyrrole nitrogens is 2. The summed E-state index contributed by atoms with van der Waals surface area (Å²) >= 11 is 0. The van der Waals surface area contributed by atoms with Gasteiger partial charge in [-0.3, -0.25) is 9.59 Å². The standard InChI is InChI=1S/C40H36N6O2/c47-39(31-9-3-1-4-10-31)45-23-7-13-35(45)37-41-25-33(43-37)29-19-15-27(16-20-29)28-17-21-30(22-18-28)34-26-42-38(44-34)36-14-8-24-46(36)40(48)32-11-5-2-6-12-32/h1-6,9-12,15-22,25-26,35-36H,7-8,13-14,23-24H2,(H,41,43)(H,42,44). The second-order valence-corrected chi connectivity index (χ2v) is 12.6. The minimum Gasteiger partial charge on any atom is -0.340 e. The van der Waals surface area contributed by atoms with Crippen molar-refractivity contribution >= 4 is 11.8 Å². The van der Waals surface area contributed by atoms with E-state index < -0.39 is 0 Å². The molecule has 2 amide bonds. The predicted octanol–water partition coefficient (Wildman–Crippen LogP) is 8.09. The number of carbonyl (C=O) groups is 2. The van der Waals surface area contributed by atoms with Gasteiger partial charge >= 0.3 is 0 Å². The van der Waals surface area contributed by atoms with Gasteiger partial charge in [0.15, 0.2) is 0 Å². The molecule has 0 bridgehead atoms. The Balaban J connectivity index is 0.938. The summed E-state index contributed by atoms with van der Waals surface area (Å²) < 4.78 is 0. The van der Waals surface area contributed by atoms with Gasteiger partial charge in [-0.25, -0.2) is 9.97 Å². The zero-order chi connectivity index (χ0) is 32.5. The van der Waals surface area contributed by atoms with E-state index in [2.05, 4.69) is 58.5 Å². The summed E-state index contributed by atoms with van der Waals surface area (Å²) in [6, 6.07) is 35.7. The first-order chi connectivity index (χ1) is 23.6. The van der Waals surface area contributed by atoms with Crippen LogP contribution in [0.25, 0.3) is 33.6 Å². The van der Waals surface area contributed by atoms with Crippen molar-refractivity contribution in [3.8, 4) is 33.6 Å². The lowest BCUT2D eigenvalue weighted by atomic mass is 10.0. The van der Waals surface area contributed by atoms with E-state index in [9.17, 15) is 9.59 Å². The highest BCUT2D eigenvalue weighted by Crippen LogP contribution is 2.35. The topological polar surface area (TPSA) is 98.0 Å². The summed E-state index contributed by atoms with van der Waals surface area (Å²) in [4.78, 5) is 46.6. The molecule has 2 aliphatic heterocycles. The maximum atomic E-state index is 13.2. The van der Waals surface area contributed by atoms with Crippen LogP contribution in [0.4, 0.5) is 0 Å². The Bertz CT molecular complexity index is 1880. The number of benzene rings is 4. The van der Waals surface area contributed by atoms with E-state index in [4.69, 9.17) is 9.97 Å². The molecule has 2 aliphatic rings. The van der Waals surface area contributed by atoms with Gasteiger partial charge in [-0.1, -0.05) is 84.9 Å². The zero-order valence-electron chi connectivity index (χ0n) is 26.5. The van der Waals surface area contributed by atoms with Crippen LogP contribution in [0.3, 0.4) is 0 Å². The number of amides is 2. The molecule has 0 spiro atoms. The van der Waals surface area contributed by atoms with E-state index in [1.807, 2.05) is 82.9 Å². The normalized spacial score (nSPS) is 17.6. The van der Waals surface area contributed by atoms with Crippen molar-refractivity contribution in [2.45, 2.75) is 37.8 Å². The fourth-order valence-corrected chi connectivity index (χ4v) is 7.07. The maximum Gasteiger partial charge on any atom is 0.254 e. The van der Waals surface area contributed by atoms with Crippen molar-refractivity contribution in [1.29, 1.82) is 0 Å². The van der Waals surface area contributed by atoms with Gasteiger partial charge < -0.3 is 19.8 Å². The number of hydrogen-bond acceptors (Lipinski definition) is 4. The molecule has 0 aliphatic carbocycles. The molecule has 2 aromatic heterocycles. The van der Waals surface area contributed by atoms with Gasteiger partial charge in [0.25, 0.3) is 11.8 Å². The molecule has 0 radical (unpaired) electrons. The monoisotopic (exact) mass is 632 g/mol. The first-order valence-electron chi connectivity index (χ1n) is 16.7. The largest absolute Gasteiger partial charge is 0.340 e. The van der Waals surface area contributed by atoms with Crippen molar-refractivity contribution in [3.05, 3.63) is 144 Å². The summed E-state index contributed by atoms with van der Waals surface area (Å²) in [6.07, 6.45) is 7.44. The molecule has 6 aromatic rings. The predicted molar refractivity (Wildman–Crippen MR) is 186 cm³/mol. The van der Waals surface area contributed by atoms with Crippen molar-refractivity contribution in [3.63, 3.8) is 0 Å². The minimum atomic E-state index is -0.0518. The molecule has 2 N–H and O–H groups in total. The van der Waals surface area contributed by atoms with Crippen LogP contribution in [-0.4, -0.2) is 54.6 Å². The summed E-state index contributed by atoms with van der Waals surface area (Å²) in [5.74, 6) is 1.76. The van der Waals surface area contributed by atoms with E-state index in [0.717, 1.165) is 84.1 Å². The number of imidazole rings is 2. The smallest absolute Gasteiger partial charge is 0.254 e. The third kappa shape index (κ3) is 5.70. The molecule has 2 saturated heterocycles. The van der Waals surface area contributed by atoms with Crippen molar-refractivity contribution in [2.75, 3.05) is 13.1 Å². The van der Waals surface area contributed by atoms with E-state index in [-0.39, 0.29) is 23.9 Å². The van der Waals surface area contributed by atoms with Gasteiger partial charge in [0.1, 0.15) is 11.6 Å². The lowest BCUT2D eigenvalue weighted by molar-refractivity contribution is 0.0723. The number of aromatic amines is 2. The molecular weight excluding hydrogens is 596 g/mol. The zero-order valence-corrected chi connectivity index (χ0v) is 26.5. The van der Waals surface area contributed by atoms with E-state index in [0.29, 0.717) is 11.1 Å². The molecule has 2 unspecified atom stereocenters. The molecule has 2 atom stereocenters. The number of aromatic nitrogens is 4. The Kier molecular flexibility index (Phi) is 7.90. The molecule has 48 heavy (non-hydrogen) atoms. The molecule has 4 heterocycles. The van der Waals surface area contributed by atoms with Gasteiger partial charge in [0.2, 0.25) is 0 Å². The van der Waals surface area contributed by atoms with Gasteiger partial charge in [-0.05, 0) is 72.2 Å². The van der Waals surface area contributed by atoms with Gasteiger partial charge in [-0.15, -0.1) is 0 Å². The summed E-state index contributed by atoms with van der Waals surface area (Å²) in [6.45, 7) is 1.47. The molecular formula is C40H36N6O2. The number of carbonyl (C=O) groups excluding carboxylic acids is 2. The maximum absolute atomic E-state index is 13.2. The second kappa shape index (κ2) is 12.8. The lowest BCUT2D eigenvalue weighted by Crippen LogP contribution is -2.31. The number of nitrogens with one attached hydrogen (secondary N) is 2. The van der Waals surface area contributed by atoms with Crippen molar-refractivity contribution in [1.82, 2.24) is 29.7 Å². The molecule has 2 fully saturated rings.